The van der Waals surface area contributed by atoms with Crippen LogP contribution in [0.3, 0.4) is 0 Å². The summed E-state index contributed by atoms with van der Waals surface area (Å²) in [6.07, 6.45) is 1.98. The number of aromatic amines is 1. The summed E-state index contributed by atoms with van der Waals surface area (Å²) < 4.78 is 0. The van der Waals surface area contributed by atoms with Crippen molar-refractivity contribution in [2.24, 2.45) is 11.7 Å². The SMILES string of the molecule is CC(C)[C@H](NC(=O)[C@]1(NC(=O)NCCc2ccccc2)CCc2[nH]c3ccccc3c2C1)C(N)=O. The number of nitrogens with one attached hydrogen (secondary N) is 4. The predicted octanol–water partition coefficient (Wildman–Crippen LogP) is 2.56. The van der Waals surface area contributed by atoms with E-state index in [4.69, 9.17) is 5.73 Å². The number of para-hydroxylation sites is 1. The average Bonchev–Trinajstić information content (AvgIpc) is 3.20. The second kappa shape index (κ2) is 10.2. The molecule has 2 atom stereocenters. The maximum Gasteiger partial charge on any atom is 0.315 e. The second-order valence-corrected chi connectivity index (χ2v) is 9.60. The summed E-state index contributed by atoms with van der Waals surface area (Å²) >= 11 is 0. The minimum absolute atomic E-state index is 0.180. The van der Waals surface area contributed by atoms with E-state index in [2.05, 4.69) is 20.9 Å². The van der Waals surface area contributed by atoms with Crippen molar-refractivity contribution in [1.82, 2.24) is 20.9 Å². The lowest BCUT2D eigenvalue weighted by Crippen LogP contribution is -2.65. The molecular formula is C27H33N5O3. The second-order valence-electron chi connectivity index (χ2n) is 9.60. The number of hydrogen-bond acceptors (Lipinski definition) is 3. The van der Waals surface area contributed by atoms with Crippen LogP contribution in [-0.2, 0) is 28.9 Å². The predicted molar refractivity (Wildman–Crippen MR) is 136 cm³/mol. The smallest absolute Gasteiger partial charge is 0.315 e. The summed E-state index contributed by atoms with van der Waals surface area (Å²) in [6, 6.07) is 16.6. The van der Waals surface area contributed by atoms with Crippen molar-refractivity contribution in [3.63, 3.8) is 0 Å². The topological polar surface area (TPSA) is 129 Å². The number of rotatable bonds is 8. The minimum atomic E-state index is -1.21. The van der Waals surface area contributed by atoms with Crippen LogP contribution in [0.2, 0.25) is 0 Å². The Kier molecular flexibility index (Phi) is 7.10. The molecule has 8 nitrogen and oxygen atoms in total. The highest BCUT2D eigenvalue weighted by Crippen LogP contribution is 2.34. The molecule has 0 spiro atoms. The first-order chi connectivity index (χ1) is 16.8. The van der Waals surface area contributed by atoms with Crippen molar-refractivity contribution in [3.8, 4) is 0 Å². The Bertz CT molecular complexity index is 1220. The number of aromatic nitrogens is 1. The van der Waals surface area contributed by atoms with Gasteiger partial charge in [-0.1, -0.05) is 62.4 Å². The van der Waals surface area contributed by atoms with Crippen molar-refractivity contribution in [2.75, 3.05) is 6.54 Å². The van der Waals surface area contributed by atoms with Gasteiger partial charge in [-0.25, -0.2) is 4.79 Å². The molecule has 0 aliphatic heterocycles. The number of fused-ring (bicyclic) bond motifs is 3. The highest BCUT2D eigenvalue weighted by Gasteiger charge is 2.45. The highest BCUT2D eigenvalue weighted by atomic mass is 16.2. The third-order valence-electron chi connectivity index (χ3n) is 6.77. The largest absolute Gasteiger partial charge is 0.368 e. The summed E-state index contributed by atoms with van der Waals surface area (Å²) in [4.78, 5) is 42.1. The van der Waals surface area contributed by atoms with Gasteiger partial charge < -0.3 is 26.7 Å². The van der Waals surface area contributed by atoms with Crippen molar-refractivity contribution in [1.29, 1.82) is 0 Å². The van der Waals surface area contributed by atoms with Crippen LogP contribution >= 0.6 is 0 Å². The van der Waals surface area contributed by atoms with E-state index in [9.17, 15) is 14.4 Å². The van der Waals surface area contributed by atoms with Gasteiger partial charge in [-0.3, -0.25) is 9.59 Å². The van der Waals surface area contributed by atoms with Gasteiger partial charge in [-0.15, -0.1) is 0 Å². The molecule has 2 aromatic carbocycles. The van der Waals surface area contributed by atoms with E-state index in [0.29, 0.717) is 32.2 Å². The van der Waals surface area contributed by atoms with Gasteiger partial charge in [0.05, 0.1) is 0 Å². The van der Waals surface area contributed by atoms with Crippen LogP contribution in [-0.4, -0.2) is 41.0 Å². The number of carbonyl (C=O) groups is 3. The van der Waals surface area contributed by atoms with Crippen LogP contribution in [0.1, 0.15) is 37.1 Å². The number of H-pyrrole nitrogens is 1. The van der Waals surface area contributed by atoms with Gasteiger partial charge in [0.1, 0.15) is 11.6 Å². The summed E-state index contributed by atoms with van der Waals surface area (Å²) in [7, 11) is 0. The Balaban J connectivity index is 1.56. The minimum Gasteiger partial charge on any atom is -0.368 e. The summed E-state index contributed by atoms with van der Waals surface area (Å²) in [5, 5.41) is 9.70. The third kappa shape index (κ3) is 5.31. The zero-order chi connectivity index (χ0) is 25.0. The molecule has 0 saturated carbocycles. The van der Waals surface area contributed by atoms with Gasteiger partial charge in [-0.05, 0) is 42.4 Å². The molecule has 0 bridgehead atoms. The number of nitrogens with two attached hydrogens (primary N) is 1. The number of urea groups is 1. The maximum atomic E-state index is 13.7. The number of primary amides is 1. The van der Waals surface area contributed by atoms with Crippen molar-refractivity contribution >= 4 is 28.7 Å². The summed E-state index contributed by atoms with van der Waals surface area (Å²) in [6.45, 7) is 4.08. The summed E-state index contributed by atoms with van der Waals surface area (Å²) in [5.41, 5.74) is 8.53. The van der Waals surface area contributed by atoms with Crippen LogP contribution < -0.4 is 21.7 Å². The van der Waals surface area contributed by atoms with Gasteiger partial charge in [0.2, 0.25) is 11.8 Å². The average molecular weight is 476 g/mol. The summed E-state index contributed by atoms with van der Waals surface area (Å²) in [5.74, 6) is -1.18. The van der Waals surface area contributed by atoms with E-state index in [1.165, 1.54) is 0 Å². The molecular weight excluding hydrogens is 442 g/mol. The number of carbonyl (C=O) groups excluding carboxylic acids is 3. The highest BCUT2D eigenvalue weighted by molar-refractivity contribution is 5.96. The quantitative estimate of drug-likeness (QED) is 0.343. The van der Waals surface area contributed by atoms with E-state index in [1.807, 2.05) is 68.4 Å². The number of benzene rings is 2. The monoisotopic (exact) mass is 475 g/mol. The lowest BCUT2D eigenvalue weighted by molar-refractivity contribution is -0.132. The molecule has 6 N–H and O–H groups in total. The Morgan fingerprint density at radius 1 is 1.06 bits per heavy atom. The van der Waals surface area contributed by atoms with Crippen LogP contribution in [0.25, 0.3) is 10.9 Å². The fourth-order valence-corrected chi connectivity index (χ4v) is 4.83. The van der Waals surface area contributed by atoms with Crippen molar-refractivity contribution in [3.05, 3.63) is 71.4 Å². The van der Waals surface area contributed by atoms with Gasteiger partial charge in [-0.2, -0.15) is 0 Å². The Morgan fingerprint density at radius 3 is 2.49 bits per heavy atom. The first kappa shape index (κ1) is 24.3. The fraction of sp³-hybridized carbons (Fsp3) is 0.370. The molecule has 1 aliphatic rings. The number of amides is 4. The normalized spacial score (nSPS) is 18.0. The van der Waals surface area contributed by atoms with Gasteiger partial charge in [0.25, 0.3) is 0 Å². The molecule has 184 valence electrons. The number of hydrogen-bond donors (Lipinski definition) is 5. The van der Waals surface area contributed by atoms with Crippen molar-refractivity contribution in [2.45, 2.75) is 51.1 Å². The van der Waals surface area contributed by atoms with Crippen LogP contribution in [0.15, 0.2) is 54.6 Å². The molecule has 0 unspecified atom stereocenters. The van der Waals surface area contributed by atoms with E-state index < -0.39 is 29.4 Å². The molecule has 8 heteroatoms. The van der Waals surface area contributed by atoms with Gasteiger partial charge in [0.15, 0.2) is 0 Å². The molecule has 4 amide bonds. The van der Waals surface area contributed by atoms with Gasteiger partial charge in [0, 0.05) is 29.6 Å². The number of aryl methyl sites for hydroxylation is 1. The Morgan fingerprint density at radius 2 is 1.77 bits per heavy atom. The van der Waals surface area contributed by atoms with Crippen LogP contribution in [0, 0.1) is 5.92 Å². The maximum absolute atomic E-state index is 13.7. The van der Waals surface area contributed by atoms with E-state index in [-0.39, 0.29) is 5.92 Å². The van der Waals surface area contributed by atoms with E-state index >= 15 is 0 Å². The molecule has 1 aromatic heterocycles. The lowest BCUT2D eigenvalue weighted by Gasteiger charge is -2.38. The first-order valence-corrected chi connectivity index (χ1v) is 12.1. The van der Waals surface area contributed by atoms with Crippen LogP contribution in [0.5, 0.6) is 0 Å². The van der Waals surface area contributed by atoms with E-state index in [0.717, 1.165) is 27.7 Å². The standard InChI is InChI=1S/C27H33N5O3/c1-17(2)23(24(28)33)31-25(34)27(32-26(35)29-15-13-18-8-4-3-5-9-18)14-12-22-20(16-27)19-10-6-7-11-21(19)30-22/h3-11,17,23,30H,12-16H2,1-2H3,(H2,28,33)(H,31,34)(H2,29,32,35)/t23-,27-/m0/s1. The molecule has 35 heavy (non-hydrogen) atoms. The third-order valence-corrected chi connectivity index (χ3v) is 6.77. The molecule has 4 rings (SSSR count). The molecule has 0 fully saturated rings. The molecule has 1 aliphatic carbocycles. The Hall–Kier alpha value is -3.81. The first-order valence-electron chi connectivity index (χ1n) is 12.1. The fourth-order valence-electron chi connectivity index (χ4n) is 4.83. The zero-order valence-corrected chi connectivity index (χ0v) is 20.2. The lowest BCUT2D eigenvalue weighted by atomic mass is 9.78. The molecule has 0 radical (unpaired) electrons. The van der Waals surface area contributed by atoms with Crippen LogP contribution in [0.4, 0.5) is 4.79 Å². The molecule has 1 heterocycles. The molecule has 0 saturated heterocycles. The zero-order valence-electron chi connectivity index (χ0n) is 20.2. The van der Waals surface area contributed by atoms with E-state index in [1.54, 1.807) is 0 Å². The van der Waals surface area contributed by atoms with Gasteiger partial charge >= 0.3 is 6.03 Å². The Labute approximate surface area is 205 Å². The molecule has 3 aromatic rings. The van der Waals surface area contributed by atoms with Crippen molar-refractivity contribution < 1.29 is 14.4 Å².